The van der Waals surface area contributed by atoms with Gasteiger partial charge in [0.2, 0.25) is 0 Å². The van der Waals surface area contributed by atoms with Crippen molar-refractivity contribution in [3.8, 4) is 5.75 Å². The molecule has 2 fully saturated rings. The maximum absolute atomic E-state index is 13.7. The van der Waals surface area contributed by atoms with Gasteiger partial charge in [0, 0.05) is 17.5 Å². The zero-order valence-corrected chi connectivity index (χ0v) is 24.2. The summed E-state index contributed by atoms with van der Waals surface area (Å²) in [6, 6.07) is 11.3. The number of nitrogens with zero attached hydrogens (tertiary/aromatic N) is 2. The molecule has 1 saturated heterocycles. The number of fused-ring (bicyclic) bond motifs is 1. The summed E-state index contributed by atoms with van der Waals surface area (Å²) in [5.41, 5.74) is 1.89. The fraction of sp³-hybridized carbons (Fsp3) is 0.483. The predicted octanol–water partition coefficient (Wildman–Crippen LogP) is 7.47. The first-order chi connectivity index (χ1) is 18.2. The second-order valence-electron chi connectivity index (χ2n) is 10.6. The molecule has 1 aliphatic heterocycles. The minimum absolute atomic E-state index is 0.0901. The first kappa shape index (κ1) is 27.4. The lowest BCUT2D eigenvalue weighted by molar-refractivity contribution is -0.177. The van der Waals surface area contributed by atoms with Crippen LogP contribution in [-0.4, -0.2) is 39.3 Å². The highest BCUT2D eigenvalue weighted by molar-refractivity contribution is 8.01. The quantitative estimate of drug-likeness (QED) is 0.205. The second-order valence-corrected chi connectivity index (χ2v) is 12.5. The number of rotatable bonds is 8. The first-order valence-electron chi connectivity index (χ1n) is 13.1. The van der Waals surface area contributed by atoms with Gasteiger partial charge in [-0.1, -0.05) is 53.9 Å². The van der Waals surface area contributed by atoms with E-state index in [2.05, 4.69) is 13.8 Å². The molecule has 0 bridgehead atoms. The third-order valence-corrected chi connectivity index (χ3v) is 9.52. The highest BCUT2D eigenvalue weighted by atomic mass is 35.5. The maximum Gasteiger partial charge on any atom is 0.327 e. The van der Waals surface area contributed by atoms with Gasteiger partial charge in [-0.2, -0.15) is 0 Å². The maximum atomic E-state index is 13.7. The van der Waals surface area contributed by atoms with Crippen molar-refractivity contribution in [1.82, 2.24) is 9.55 Å². The number of ether oxygens (including phenoxy) is 2. The number of aryl methyl sites for hydroxylation is 1. The predicted molar refractivity (Wildman–Crippen MR) is 152 cm³/mol. The van der Waals surface area contributed by atoms with Gasteiger partial charge in [-0.3, -0.25) is 9.59 Å². The summed E-state index contributed by atoms with van der Waals surface area (Å²) in [5.74, 6) is 0.241. The molecular weight excluding hydrogens is 543 g/mol. The van der Waals surface area contributed by atoms with Crippen LogP contribution in [0.3, 0.4) is 0 Å². The monoisotopic (exact) mass is 574 g/mol. The number of thioether (sulfide) groups is 1. The van der Waals surface area contributed by atoms with Crippen LogP contribution in [0.4, 0.5) is 0 Å². The Morgan fingerprint density at radius 2 is 1.92 bits per heavy atom. The van der Waals surface area contributed by atoms with Gasteiger partial charge in [0.1, 0.15) is 11.4 Å². The standard InChI is InChI=1S/C29H32Cl2N2O4S/c1-17(2)33-23-10-9-20(30)15-22(23)32-28(33)38-26-24(34)16-29(37-27(26)35,19-6-4-5-7-19)13-12-18-8-11-25(36-3)21(31)14-18/h8-11,14-15,17,19,26H,4-7,12-13,16H2,1-3H3. The number of benzene rings is 2. The van der Waals surface area contributed by atoms with Gasteiger partial charge in [0.25, 0.3) is 0 Å². The average Bonchev–Trinajstić information content (AvgIpc) is 3.53. The van der Waals surface area contributed by atoms with Crippen molar-refractivity contribution in [2.24, 2.45) is 5.92 Å². The molecule has 2 heterocycles. The SMILES string of the molecule is COc1ccc(CCC2(C3CCCC3)CC(=O)C(Sc3nc4cc(Cl)ccc4n3C(C)C)C(=O)O2)cc1Cl. The number of esters is 1. The second kappa shape index (κ2) is 11.1. The summed E-state index contributed by atoms with van der Waals surface area (Å²) < 4.78 is 13.6. The average molecular weight is 576 g/mol. The van der Waals surface area contributed by atoms with Gasteiger partial charge in [-0.25, -0.2) is 4.98 Å². The summed E-state index contributed by atoms with van der Waals surface area (Å²) in [7, 11) is 1.59. The van der Waals surface area contributed by atoms with Crippen molar-refractivity contribution in [1.29, 1.82) is 0 Å². The number of imidazole rings is 1. The van der Waals surface area contributed by atoms with E-state index in [0.29, 0.717) is 33.8 Å². The van der Waals surface area contributed by atoms with Crippen LogP contribution in [-0.2, 0) is 20.7 Å². The molecule has 202 valence electrons. The number of hydrogen-bond donors (Lipinski definition) is 0. The van der Waals surface area contributed by atoms with Crippen molar-refractivity contribution in [2.75, 3.05) is 7.11 Å². The Morgan fingerprint density at radius 1 is 1.16 bits per heavy atom. The van der Waals surface area contributed by atoms with Crippen LogP contribution in [0.15, 0.2) is 41.6 Å². The number of carbonyl (C=O) groups is 2. The molecule has 1 aliphatic carbocycles. The van der Waals surface area contributed by atoms with Gasteiger partial charge >= 0.3 is 5.97 Å². The van der Waals surface area contributed by atoms with E-state index in [1.54, 1.807) is 13.2 Å². The topological polar surface area (TPSA) is 70.4 Å². The van der Waals surface area contributed by atoms with Gasteiger partial charge < -0.3 is 14.0 Å². The molecule has 0 amide bonds. The third kappa shape index (κ3) is 5.30. The molecule has 6 nitrogen and oxygen atoms in total. The Hall–Kier alpha value is -2.22. The molecular formula is C29H32Cl2N2O4S. The lowest BCUT2D eigenvalue weighted by Gasteiger charge is -2.42. The van der Waals surface area contributed by atoms with Crippen molar-refractivity contribution >= 4 is 57.7 Å². The summed E-state index contributed by atoms with van der Waals surface area (Å²) in [4.78, 5) is 31.9. The van der Waals surface area contributed by atoms with E-state index in [1.165, 1.54) is 11.8 Å². The summed E-state index contributed by atoms with van der Waals surface area (Å²) in [5, 5.41) is 0.816. The highest BCUT2D eigenvalue weighted by Crippen LogP contribution is 2.46. The molecule has 0 spiro atoms. The molecule has 2 unspecified atom stereocenters. The number of ketones is 1. The Kier molecular flexibility index (Phi) is 7.99. The van der Waals surface area contributed by atoms with E-state index < -0.39 is 16.8 Å². The zero-order valence-electron chi connectivity index (χ0n) is 21.8. The fourth-order valence-corrected chi connectivity index (χ4v) is 7.50. The van der Waals surface area contributed by atoms with E-state index in [4.69, 9.17) is 37.7 Å². The number of aromatic nitrogens is 2. The molecule has 38 heavy (non-hydrogen) atoms. The van der Waals surface area contributed by atoms with Crippen LogP contribution in [0.1, 0.15) is 64.0 Å². The van der Waals surface area contributed by atoms with Crippen molar-refractivity contribution in [2.45, 2.75) is 80.8 Å². The molecule has 1 saturated carbocycles. The summed E-state index contributed by atoms with van der Waals surface area (Å²) >= 11 is 13.7. The van der Waals surface area contributed by atoms with Gasteiger partial charge in [0.15, 0.2) is 16.2 Å². The van der Waals surface area contributed by atoms with Crippen molar-refractivity contribution < 1.29 is 19.1 Å². The normalized spacial score (nSPS) is 22.4. The Labute approximate surface area is 237 Å². The Morgan fingerprint density at radius 3 is 2.58 bits per heavy atom. The molecule has 0 N–H and O–H groups in total. The van der Waals surface area contributed by atoms with Gasteiger partial charge in [-0.05, 0) is 81.3 Å². The highest BCUT2D eigenvalue weighted by Gasteiger charge is 2.52. The van der Waals surface area contributed by atoms with Crippen LogP contribution >= 0.6 is 35.0 Å². The van der Waals surface area contributed by atoms with Crippen LogP contribution in [0.2, 0.25) is 10.0 Å². The minimum Gasteiger partial charge on any atom is -0.495 e. The van der Waals surface area contributed by atoms with Gasteiger partial charge in [-0.15, -0.1) is 0 Å². The van der Waals surface area contributed by atoms with Crippen LogP contribution in [0, 0.1) is 5.92 Å². The third-order valence-electron chi connectivity index (χ3n) is 7.79. The number of Topliss-reactive ketones (excluding diaryl/α,β-unsaturated/α-hetero) is 1. The molecule has 2 aromatic carbocycles. The van der Waals surface area contributed by atoms with Crippen LogP contribution < -0.4 is 4.74 Å². The Balaban J connectivity index is 1.39. The molecule has 0 radical (unpaired) electrons. The summed E-state index contributed by atoms with van der Waals surface area (Å²) in [6.45, 7) is 4.11. The molecule has 5 rings (SSSR count). The first-order valence-corrected chi connectivity index (χ1v) is 14.8. The van der Waals surface area contributed by atoms with E-state index in [9.17, 15) is 9.59 Å². The van der Waals surface area contributed by atoms with Crippen molar-refractivity contribution in [3.05, 3.63) is 52.0 Å². The largest absolute Gasteiger partial charge is 0.495 e. The lowest BCUT2D eigenvalue weighted by atomic mass is 9.76. The van der Waals surface area contributed by atoms with Crippen LogP contribution in [0.5, 0.6) is 5.75 Å². The zero-order chi connectivity index (χ0) is 27.0. The number of cyclic esters (lactones) is 1. The molecule has 2 atom stereocenters. The molecule has 3 aromatic rings. The number of carbonyl (C=O) groups excluding carboxylic acids is 2. The lowest BCUT2D eigenvalue weighted by Crippen LogP contribution is -2.53. The van der Waals surface area contributed by atoms with E-state index >= 15 is 0 Å². The molecule has 9 heteroatoms. The number of methoxy groups -OCH3 is 1. The fourth-order valence-electron chi connectivity index (χ4n) is 5.90. The molecule has 2 aliphatic rings. The minimum atomic E-state index is -0.940. The van der Waals surface area contributed by atoms with E-state index in [1.807, 2.05) is 34.9 Å². The number of halogens is 2. The van der Waals surface area contributed by atoms with Gasteiger partial charge in [0.05, 0.1) is 23.2 Å². The summed E-state index contributed by atoms with van der Waals surface area (Å²) in [6.07, 6.45) is 5.56. The van der Waals surface area contributed by atoms with Crippen LogP contribution in [0.25, 0.3) is 11.0 Å². The Bertz CT molecular complexity index is 1350. The van der Waals surface area contributed by atoms with E-state index in [0.717, 1.165) is 42.3 Å². The smallest absolute Gasteiger partial charge is 0.327 e. The molecule has 1 aromatic heterocycles. The van der Waals surface area contributed by atoms with Crippen molar-refractivity contribution in [3.63, 3.8) is 0 Å². The van der Waals surface area contributed by atoms with E-state index in [-0.39, 0.29) is 24.2 Å². The number of hydrogen-bond acceptors (Lipinski definition) is 6.